The molecule has 0 saturated heterocycles. The monoisotopic (exact) mass is 155 g/mol. The molecule has 0 spiro atoms. The van der Waals surface area contributed by atoms with Gasteiger partial charge in [-0.2, -0.15) is 0 Å². The highest BCUT2D eigenvalue weighted by Crippen LogP contribution is 2.50. The van der Waals surface area contributed by atoms with Crippen molar-refractivity contribution < 1.29 is 5.11 Å². The summed E-state index contributed by atoms with van der Waals surface area (Å²) in [6, 6.07) is 0. The van der Waals surface area contributed by atoms with E-state index < -0.39 is 0 Å². The summed E-state index contributed by atoms with van der Waals surface area (Å²) in [6.45, 7) is 0.778. The van der Waals surface area contributed by atoms with Crippen molar-refractivity contribution in [3.63, 3.8) is 0 Å². The summed E-state index contributed by atoms with van der Waals surface area (Å²) in [5.41, 5.74) is 6.04. The van der Waals surface area contributed by atoms with E-state index in [0.717, 1.165) is 25.3 Å². The van der Waals surface area contributed by atoms with Crippen LogP contribution in [0.2, 0.25) is 0 Å². The van der Waals surface area contributed by atoms with Gasteiger partial charge in [-0.3, -0.25) is 0 Å². The molecule has 2 heteroatoms. The lowest BCUT2D eigenvalue weighted by Gasteiger charge is -2.45. The Morgan fingerprint density at radius 3 is 2.36 bits per heavy atom. The van der Waals surface area contributed by atoms with Gasteiger partial charge < -0.3 is 10.8 Å². The standard InChI is InChI=1S/C9H17NO/c10-6-9(3-7-1-2-7)4-8(11)5-9/h7-8,11H,1-6,10H2. The van der Waals surface area contributed by atoms with Crippen LogP contribution in [0.1, 0.15) is 32.1 Å². The van der Waals surface area contributed by atoms with Gasteiger partial charge in [-0.25, -0.2) is 0 Å². The van der Waals surface area contributed by atoms with E-state index in [2.05, 4.69) is 0 Å². The van der Waals surface area contributed by atoms with Crippen LogP contribution in [0.4, 0.5) is 0 Å². The lowest BCUT2D eigenvalue weighted by molar-refractivity contribution is -0.0346. The molecule has 0 unspecified atom stereocenters. The van der Waals surface area contributed by atoms with Crippen molar-refractivity contribution in [2.45, 2.75) is 38.2 Å². The number of rotatable bonds is 3. The quantitative estimate of drug-likeness (QED) is 0.635. The van der Waals surface area contributed by atoms with Crippen LogP contribution in [-0.2, 0) is 0 Å². The van der Waals surface area contributed by atoms with Gasteiger partial charge in [0.1, 0.15) is 0 Å². The molecule has 2 saturated carbocycles. The van der Waals surface area contributed by atoms with Gasteiger partial charge in [0.25, 0.3) is 0 Å². The van der Waals surface area contributed by atoms with Crippen molar-refractivity contribution in [1.82, 2.24) is 0 Å². The normalized spacial score (nSPS) is 43.6. The minimum Gasteiger partial charge on any atom is -0.393 e. The number of aliphatic hydroxyl groups excluding tert-OH is 1. The molecule has 2 aliphatic carbocycles. The Bertz CT molecular complexity index is 148. The average Bonchev–Trinajstić information content (AvgIpc) is 2.67. The molecule has 0 radical (unpaired) electrons. The predicted octanol–water partition coefficient (Wildman–Crippen LogP) is 0.886. The summed E-state index contributed by atoms with van der Waals surface area (Å²) < 4.78 is 0. The molecule has 0 heterocycles. The molecule has 2 rings (SSSR count). The third-order valence-corrected chi connectivity index (χ3v) is 3.19. The van der Waals surface area contributed by atoms with Crippen molar-refractivity contribution in [2.24, 2.45) is 17.1 Å². The maximum absolute atomic E-state index is 9.19. The van der Waals surface area contributed by atoms with E-state index in [0.29, 0.717) is 5.41 Å². The molecule has 2 aliphatic rings. The first-order valence-electron chi connectivity index (χ1n) is 4.62. The topological polar surface area (TPSA) is 46.2 Å². The Morgan fingerprint density at radius 2 is 2.00 bits per heavy atom. The van der Waals surface area contributed by atoms with E-state index in [1.54, 1.807) is 0 Å². The van der Waals surface area contributed by atoms with Crippen molar-refractivity contribution in [2.75, 3.05) is 6.54 Å². The van der Waals surface area contributed by atoms with Gasteiger partial charge in [-0.05, 0) is 37.1 Å². The highest BCUT2D eigenvalue weighted by molar-refractivity contribution is 4.97. The fourth-order valence-corrected chi connectivity index (χ4v) is 2.29. The molecular weight excluding hydrogens is 138 g/mol. The number of aliphatic hydroxyl groups is 1. The first kappa shape index (κ1) is 7.56. The van der Waals surface area contributed by atoms with Crippen molar-refractivity contribution in [1.29, 1.82) is 0 Å². The van der Waals surface area contributed by atoms with Crippen LogP contribution < -0.4 is 5.73 Å². The number of hydrogen-bond donors (Lipinski definition) is 2. The zero-order chi connectivity index (χ0) is 7.90. The molecule has 0 aromatic carbocycles. The minimum absolute atomic E-state index is 0.0442. The summed E-state index contributed by atoms with van der Waals surface area (Å²) in [5.74, 6) is 0.950. The van der Waals surface area contributed by atoms with Crippen LogP contribution in [0, 0.1) is 11.3 Å². The summed E-state index contributed by atoms with van der Waals surface area (Å²) in [5, 5.41) is 9.19. The van der Waals surface area contributed by atoms with Crippen LogP contribution >= 0.6 is 0 Å². The van der Waals surface area contributed by atoms with Crippen LogP contribution in [0.15, 0.2) is 0 Å². The van der Waals surface area contributed by atoms with Gasteiger partial charge in [0.05, 0.1) is 6.10 Å². The van der Waals surface area contributed by atoms with E-state index in [1.807, 2.05) is 0 Å². The second-order valence-electron chi connectivity index (χ2n) is 4.41. The molecular formula is C9H17NO. The van der Waals surface area contributed by atoms with Crippen molar-refractivity contribution in [3.8, 4) is 0 Å². The lowest BCUT2D eigenvalue weighted by Crippen LogP contribution is -2.46. The van der Waals surface area contributed by atoms with E-state index in [9.17, 15) is 5.11 Å². The Balaban J connectivity index is 1.85. The predicted molar refractivity (Wildman–Crippen MR) is 44.1 cm³/mol. The van der Waals surface area contributed by atoms with Gasteiger partial charge in [-0.1, -0.05) is 12.8 Å². The Morgan fingerprint density at radius 1 is 1.36 bits per heavy atom. The highest BCUT2D eigenvalue weighted by atomic mass is 16.3. The lowest BCUT2D eigenvalue weighted by atomic mass is 9.64. The fourth-order valence-electron chi connectivity index (χ4n) is 2.29. The second kappa shape index (κ2) is 2.46. The van der Waals surface area contributed by atoms with Crippen molar-refractivity contribution >= 4 is 0 Å². The van der Waals surface area contributed by atoms with E-state index in [-0.39, 0.29) is 6.10 Å². The zero-order valence-corrected chi connectivity index (χ0v) is 6.92. The van der Waals surface area contributed by atoms with Crippen LogP contribution in [0.5, 0.6) is 0 Å². The smallest absolute Gasteiger partial charge is 0.0551 e. The van der Waals surface area contributed by atoms with Crippen LogP contribution in [0.3, 0.4) is 0 Å². The molecule has 11 heavy (non-hydrogen) atoms. The van der Waals surface area contributed by atoms with Gasteiger partial charge in [0, 0.05) is 0 Å². The number of hydrogen-bond acceptors (Lipinski definition) is 2. The molecule has 2 nitrogen and oxygen atoms in total. The third kappa shape index (κ3) is 1.42. The van der Waals surface area contributed by atoms with E-state index in [4.69, 9.17) is 5.73 Å². The molecule has 0 atom stereocenters. The Hall–Kier alpha value is -0.0800. The second-order valence-corrected chi connectivity index (χ2v) is 4.41. The van der Waals surface area contributed by atoms with E-state index >= 15 is 0 Å². The molecule has 2 fully saturated rings. The SMILES string of the molecule is NCC1(CC2CC2)CC(O)C1. The van der Waals surface area contributed by atoms with Crippen molar-refractivity contribution in [3.05, 3.63) is 0 Å². The Labute approximate surface area is 67.8 Å². The fraction of sp³-hybridized carbons (Fsp3) is 1.00. The minimum atomic E-state index is -0.0442. The zero-order valence-electron chi connectivity index (χ0n) is 6.92. The maximum atomic E-state index is 9.19. The molecule has 0 aromatic rings. The first-order valence-corrected chi connectivity index (χ1v) is 4.62. The summed E-state index contributed by atoms with van der Waals surface area (Å²) >= 11 is 0. The molecule has 0 aromatic heterocycles. The van der Waals surface area contributed by atoms with E-state index in [1.165, 1.54) is 19.3 Å². The largest absolute Gasteiger partial charge is 0.393 e. The third-order valence-electron chi connectivity index (χ3n) is 3.19. The first-order chi connectivity index (χ1) is 5.24. The van der Waals surface area contributed by atoms with Gasteiger partial charge >= 0.3 is 0 Å². The molecule has 0 amide bonds. The molecule has 0 aliphatic heterocycles. The van der Waals surface area contributed by atoms with Gasteiger partial charge in [-0.15, -0.1) is 0 Å². The highest BCUT2D eigenvalue weighted by Gasteiger charge is 2.45. The Kier molecular flexibility index (Phi) is 1.69. The molecule has 64 valence electrons. The molecule has 0 bridgehead atoms. The average molecular weight is 155 g/mol. The summed E-state index contributed by atoms with van der Waals surface area (Å²) in [4.78, 5) is 0. The summed E-state index contributed by atoms with van der Waals surface area (Å²) in [7, 11) is 0. The maximum Gasteiger partial charge on any atom is 0.0551 e. The van der Waals surface area contributed by atoms with Gasteiger partial charge in [0.2, 0.25) is 0 Å². The summed E-state index contributed by atoms with van der Waals surface area (Å²) in [6.07, 6.45) is 5.95. The molecule has 3 N–H and O–H groups in total. The van der Waals surface area contributed by atoms with Gasteiger partial charge in [0.15, 0.2) is 0 Å². The van der Waals surface area contributed by atoms with Crippen LogP contribution in [-0.4, -0.2) is 17.8 Å². The van der Waals surface area contributed by atoms with Crippen LogP contribution in [0.25, 0.3) is 0 Å². The number of nitrogens with two attached hydrogens (primary N) is 1.